The molecule has 0 aliphatic rings. The largest absolute Gasteiger partial charge is 0.407 e. The third-order valence-corrected chi connectivity index (χ3v) is 1.13. The highest BCUT2D eigenvalue weighted by atomic mass is 32.3. The Morgan fingerprint density at radius 3 is 1.67 bits per heavy atom. The Morgan fingerprint density at radius 1 is 1.33 bits per heavy atom. The summed E-state index contributed by atoms with van der Waals surface area (Å²) in [4.78, 5) is 0. The van der Waals surface area contributed by atoms with E-state index in [1.807, 2.05) is 0 Å². The molecular formula is C2H6F3NO2S. The molecule has 0 aromatic carbocycles. The maximum Gasteiger partial charge on any atom is 0.407 e. The lowest BCUT2D eigenvalue weighted by Gasteiger charge is -2.26. The minimum Gasteiger partial charge on any atom is -0.286 e. The second-order valence-corrected chi connectivity index (χ2v) is 3.20. The molecule has 0 unspecified atom stereocenters. The fraction of sp³-hybridized carbons (Fsp3) is 1.00. The smallest absolute Gasteiger partial charge is 0.286 e. The summed E-state index contributed by atoms with van der Waals surface area (Å²) >= 11 is 0. The van der Waals surface area contributed by atoms with Crippen LogP contribution in [-0.2, 0) is 0 Å². The van der Waals surface area contributed by atoms with Crippen molar-refractivity contribution in [3.05, 3.63) is 0 Å². The minimum atomic E-state index is -4.60. The first kappa shape index (κ1) is 9.02. The van der Waals surface area contributed by atoms with E-state index in [9.17, 15) is 13.2 Å². The maximum atomic E-state index is 11.2. The molecule has 0 amide bonds. The zero-order valence-electron chi connectivity index (χ0n) is 4.22. The van der Waals surface area contributed by atoms with E-state index in [-0.39, 0.29) is 0 Å². The van der Waals surface area contributed by atoms with Gasteiger partial charge in [0.2, 0.25) is 0 Å². The van der Waals surface area contributed by atoms with Crippen molar-refractivity contribution >= 4 is 10.8 Å². The molecule has 58 valence electrons. The molecule has 4 N–H and O–H groups in total. The normalized spacial score (nSPS) is 15.8. The second kappa shape index (κ2) is 2.33. The van der Waals surface area contributed by atoms with Gasteiger partial charge in [-0.1, -0.05) is 0 Å². The Hall–Kier alpha value is 0.0200. The van der Waals surface area contributed by atoms with Gasteiger partial charge < -0.3 is 0 Å². The Labute approximate surface area is 51.1 Å². The third-order valence-electron chi connectivity index (χ3n) is 0.376. The fourth-order valence-electron chi connectivity index (χ4n) is 0.241. The first-order valence-corrected chi connectivity index (χ1v) is 3.59. The molecule has 9 heavy (non-hydrogen) atoms. The first-order valence-electron chi connectivity index (χ1n) is 1.81. The molecule has 0 heterocycles. The Kier molecular flexibility index (Phi) is 2.34. The molecule has 0 saturated carbocycles. The molecule has 7 heteroatoms. The fourth-order valence-corrected chi connectivity index (χ4v) is 0.723. The molecule has 0 aliphatic heterocycles. The molecule has 0 rings (SSSR count). The van der Waals surface area contributed by atoms with Gasteiger partial charge >= 0.3 is 6.18 Å². The standard InChI is InChI=1S/C2H6F3NO2S/c3-2(4,5)1-9(6,7)8/h7-8H,1,6H2. The summed E-state index contributed by atoms with van der Waals surface area (Å²) < 4.78 is 49.6. The van der Waals surface area contributed by atoms with Crippen molar-refractivity contribution in [1.82, 2.24) is 0 Å². The van der Waals surface area contributed by atoms with E-state index in [0.717, 1.165) is 0 Å². The van der Waals surface area contributed by atoms with Crippen LogP contribution >= 0.6 is 10.8 Å². The van der Waals surface area contributed by atoms with Gasteiger partial charge in [0.25, 0.3) is 0 Å². The SMILES string of the molecule is NS(O)(O)CC(F)(F)F. The quantitative estimate of drug-likeness (QED) is 0.546. The molecular weight excluding hydrogens is 159 g/mol. The van der Waals surface area contributed by atoms with Gasteiger partial charge in [-0.15, -0.1) is 10.8 Å². The van der Waals surface area contributed by atoms with Crippen LogP contribution in [0.1, 0.15) is 0 Å². The molecule has 0 aromatic rings. The summed E-state index contributed by atoms with van der Waals surface area (Å²) in [5, 5.41) is 4.30. The van der Waals surface area contributed by atoms with Gasteiger partial charge in [-0.05, 0) is 0 Å². The number of alkyl halides is 3. The Morgan fingerprint density at radius 2 is 1.67 bits per heavy atom. The molecule has 0 aliphatic carbocycles. The monoisotopic (exact) mass is 165 g/mol. The van der Waals surface area contributed by atoms with Gasteiger partial charge in [-0.3, -0.25) is 9.11 Å². The molecule has 0 aromatic heterocycles. The highest BCUT2D eigenvalue weighted by Crippen LogP contribution is 2.35. The van der Waals surface area contributed by atoms with Crippen molar-refractivity contribution in [2.75, 3.05) is 5.75 Å². The molecule has 0 bridgehead atoms. The number of hydrogen-bond donors (Lipinski definition) is 3. The van der Waals surface area contributed by atoms with Crippen LogP contribution in [0.5, 0.6) is 0 Å². The Bertz CT molecular complexity index is 85.0. The van der Waals surface area contributed by atoms with E-state index in [2.05, 4.69) is 5.14 Å². The molecule has 0 fully saturated rings. The predicted molar refractivity (Wildman–Crippen MR) is 28.0 cm³/mol. The van der Waals surface area contributed by atoms with Crippen LogP contribution in [0.25, 0.3) is 0 Å². The molecule has 0 spiro atoms. The van der Waals surface area contributed by atoms with Gasteiger partial charge in [-0.2, -0.15) is 13.2 Å². The molecule has 3 nitrogen and oxygen atoms in total. The summed E-state index contributed by atoms with van der Waals surface area (Å²) in [5.74, 6) is -1.74. The van der Waals surface area contributed by atoms with Crippen LogP contribution < -0.4 is 5.14 Å². The maximum absolute atomic E-state index is 11.2. The summed E-state index contributed by atoms with van der Waals surface area (Å²) in [6.45, 7) is 0. The molecule has 0 radical (unpaired) electrons. The zero-order chi connectivity index (χ0) is 7.71. The van der Waals surface area contributed by atoms with Crippen LogP contribution in [0.3, 0.4) is 0 Å². The van der Waals surface area contributed by atoms with Crippen LogP contribution in [0.2, 0.25) is 0 Å². The number of halogens is 3. The third kappa shape index (κ3) is 8.02. The highest BCUT2D eigenvalue weighted by molar-refractivity contribution is 8.22. The second-order valence-electron chi connectivity index (χ2n) is 1.48. The van der Waals surface area contributed by atoms with Crippen molar-refractivity contribution in [3.8, 4) is 0 Å². The van der Waals surface area contributed by atoms with Crippen LogP contribution in [0.15, 0.2) is 0 Å². The van der Waals surface area contributed by atoms with Gasteiger partial charge in [0.15, 0.2) is 0 Å². The van der Waals surface area contributed by atoms with E-state index in [0.29, 0.717) is 0 Å². The number of nitrogens with two attached hydrogens (primary N) is 1. The number of hydrogen-bond acceptors (Lipinski definition) is 3. The van der Waals surface area contributed by atoms with E-state index < -0.39 is 22.7 Å². The van der Waals surface area contributed by atoms with Crippen LogP contribution in [0, 0.1) is 0 Å². The summed E-state index contributed by atoms with van der Waals surface area (Å²) in [6, 6.07) is 0. The van der Waals surface area contributed by atoms with E-state index in [1.54, 1.807) is 0 Å². The van der Waals surface area contributed by atoms with E-state index in [1.165, 1.54) is 0 Å². The zero-order valence-corrected chi connectivity index (χ0v) is 5.04. The highest BCUT2D eigenvalue weighted by Gasteiger charge is 2.33. The summed E-state index contributed by atoms with van der Waals surface area (Å²) in [5.41, 5.74) is 0. The predicted octanol–water partition coefficient (Wildman–Crippen LogP) is 1.17. The summed E-state index contributed by atoms with van der Waals surface area (Å²) in [6.07, 6.45) is -4.60. The van der Waals surface area contributed by atoms with E-state index in [4.69, 9.17) is 9.11 Å². The van der Waals surface area contributed by atoms with Gasteiger partial charge in [0, 0.05) is 0 Å². The van der Waals surface area contributed by atoms with Gasteiger partial charge in [-0.25, -0.2) is 5.14 Å². The lowest BCUT2D eigenvalue weighted by Crippen LogP contribution is -2.24. The van der Waals surface area contributed by atoms with Crippen molar-refractivity contribution in [2.24, 2.45) is 5.14 Å². The van der Waals surface area contributed by atoms with Crippen molar-refractivity contribution in [3.63, 3.8) is 0 Å². The van der Waals surface area contributed by atoms with Gasteiger partial charge in [0.05, 0.1) is 0 Å². The average molecular weight is 165 g/mol. The van der Waals surface area contributed by atoms with Crippen molar-refractivity contribution < 1.29 is 22.3 Å². The van der Waals surface area contributed by atoms with E-state index >= 15 is 0 Å². The van der Waals surface area contributed by atoms with Crippen molar-refractivity contribution in [1.29, 1.82) is 0 Å². The van der Waals surface area contributed by atoms with Gasteiger partial charge in [0.1, 0.15) is 5.75 Å². The molecule has 0 atom stereocenters. The lowest BCUT2D eigenvalue weighted by atomic mass is 10.8. The topological polar surface area (TPSA) is 66.5 Å². The first-order chi connectivity index (χ1) is 3.71. The van der Waals surface area contributed by atoms with Crippen LogP contribution in [-0.4, -0.2) is 21.0 Å². The minimum absolute atomic E-state index is 1.74. The summed E-state index contributed by atoms with van der Waals surface area (Å²) in [7, 11) is -3.91. The molecule has 0 saturated heterocycles. The Balaban J connectivity index is 3.75. The average Bonchev–Trinajstić information content (AvgIpc) is 1.14. The van der Waals surface area contributed by atoms with Crippen molar-refractivity contribution in [2.45, 2.75) is 6.18 Å². The number of rotatable bonds is 1. The van der Waals surface area contributed by atoms with Crippen LogP contribution in [0.4, 0.5) is 13.2 Å². The lowest BCUT2D eigenvalue weighted by molar-refractivity contribution is -0.107.